The van der Waals surface area contributed by atoms with Crippen molar-refractivity contribution in [3.63, 3.8) is 0 Å². The Morgan fingerprint density at radius 3 is 1.25 bits per heavy atom. The van der Waals surface area contributed by atoms with Gasteiger partial charge in [-0.2, -0.15) is 0 Å². The van der Waals surface area contributed by atoms with Crippen LogP contribution in [0.15, 0.2) is 0 Å². The van der Waals surface area contributed by atoms with Crippen molar-refractivity contribution in [1.29, 1.82) is 0 Å². The maximum absolute atomic E-state index is 8.06. The van der Waals surface area contributed by atoms with Gasteiger partial charge in [0.05, 0.1) is 0 Å². The second-order valence-electron chi connectivity index (χ2n) is 1.34. The molecule has 0 aromatic carbocycles. The number of aliphatic hydroxyl groups excluding tert-OH is 1. The molecule has 0 aliphatic carbocycles. The minimum absolute atomic E-state index is 0.167. The Morgan fingerprint density at radius 1 is 1.25 bits per heavy atom. The third-order valence-corrected chi connectivity index (χ3v) is 0. The fraction of sp³-hybridized carbons (Fsp3) is 1.00. The monoisotopic (exact) mass is 286 g/mol. The first-order valence-corrected chi connectivity index (χ1v) is 14.6. The number of aliphatic hydroxyl groups is 1. The zero-order chi connectivity index (χ0) is 7.15. The van der Waals surface area contributed by atoms with Crippen LogP contribution in [0.2, 0.25) is 0 Å². The minimum atomic E-state index is -2.22. The third kappa shape index (κ3) is 126. The molecule has 0 aliphatic heterocycles. The number of halogens is 3. The summed E-state index contributed by atoms with van der Waals surface area (Å²) in [4.78, 5) is 0. The Hall–Kier alpha value is 1.63. The molecule has 52 valence electrons. The van der Waals surface area contributed by atoms with Gasteiger partial charge in [-0.25, -0.2) is 0 Å². The SMILES string of the molecule is CC(C)O.[Cl][SnH]([Cl])[Cl]. The van der Waals surface area contributed by atoms with Crippen molar-refractivity contribution in [3.05, 3.63) is 0 Å². The Kier molecular flexibility index (Phi) is 13.3. The van der Waals surface area contributed by atoms with E-state index in [1.54, 1.807) is 13.8 Å². The first-order valence-electron chi connectivity index (χ1n) is 2.07. The van der Waals surface area contributed by atoms with Crippen molar-refractivity contribution >= 4 is 43.1 Å². The van der Waals surface area contributed by atoms with Gasteiger partial charge in [0, 0.05) is 6.10 Å². The topological polar surface area (TPSA) is 20.2 Å². The zero-order valence-corrected chi connectivity index (χ0v) is 10.3. The fourth-order valence-electron chi connectivity index (χ4n) is 0. The van der Waals surface area contributed by atoms with Crippen LogP contribution in [0.4, 0.5) is 0 Å². The van der Waals surface area contributed by atoms with Crippen LogP contribution in [-0.4, -0.2) is 27.6 Å². The van der Waals surface area contributed by atoms with E-state index in [0.717, 1.165) is 0 Å². The molecule has 1 N–H and O–H groups in total. The molecule has 1 nitrogen and oxygen atoms in total. The summed E-state index contributed by atoms with van der Waals surface area (Å²) in [5, 5.41) is 8.06. The summed E-state index contributed by atoms with van der Waals surface area (Å²) in [6.07, 6.45) is -0.167. The van der Waals surface area contributed by atoms with Gasteiger partial charge in [-0.1, -0.05) is 0 Å². The van der Waals surface area contributed by atoms with Gasteiger partial charge in [0.2, 0.25) is 0 Å². The summed E-state index contributed by atoms with van der Waals surface area (Å²) in [5.41, 5.74) is 0. The van der Waals surface area contributed by atoms with Crippen LogP contribution >= 0.6 is 26.8 Å². The molecule has 0 aromatic rings. The van der Waals surface area contributed by atoms with Crippen LogP contribution in [0.3, 0.4) is 0 Å². The normalized spacial score (nSPS) is 9.00. The molecule has 0 saturated carbocycles. The van der Waals surface area contributed by atoms with Crippen molar-refractivity contribution in [1.82, 2.24) is 0 Å². The Labute approximate surface area is 67.8 Å². The van der Waals surface area contributed by atoms with E-state index >= 15 is 0 Å². The number of hydrogen-bond acceptors (Lipinski definition) is 1. The number of rotatable bonds is 0. The molecule has 0 fully saturated rings. The maximum atomic E-state index is 8.06. The van der Waals surface area contributed by atoms with Crippen LogP contribution in [-0.2, 0) is 0 Å². The van der Waals surface area contributed by atoms with E-state index in [9.17, 15) is 0 Å². The van der Waals surface area contributed by atoms with Gasteiger partial charge in [-0.15, -0.1) is 0 Å². The molecule has 0 spiro atoms. The van der Waals surface area contributed by atoms with Crippen molar-refractivity contribution in [2.24, 2.45) is 0 Å². The van der Waals surface area contributed by atoms with Crippen LogP contribution in [0.25, 0.3) is 0 Å². The average Bonchev–Trinajstić information content (AvgIpc) is 1.25. The third-order valence-electron chi connectivity index (χ3n) is 0. The molecule has 8 heavy (non-hydrogen) atoms. The molecular weight excluding hydrogens is 277 g/mol. The zero-order valence-electron chi connectivity index (χ0n) is 4.74. The van der Waals surface area contributed by atoms with E-state index in [1.807, 2.05) is 0 Å². The van der Waals surface area contributed by atoms with E-state index < -0.39 is 16.4 Å². The summed E-state index contributed by atoms with van der Waals surface area (Å²) < 4.78 is 0. The standard InChI is InChI=1S/C3H8O.3ClH.Sn.H/c1-3(2)4;;;;;/h3-4H,1-2H3;3*1H;;/q;;;;+3;/p-3. The van der Waals surface area contributed by atoms with Crippen LogP contribution < -0.4 is 0 Å². The van der Waals surface area contributed by atoms with Gasteiger partial charge in [0.1, 0.15) is 0 Å². The molecule has 0 amide bonds. The van der Waals surface area contributed by atoms with Gasteiger partial charge >= 0.3 is 43.1 Å². The Balaban J connectivity index is 0. The number of hydrogen-bond donors (Lipinski definition) is 1. The second kappa shape index (κ2) is 8.63. The van der Waals surface area contributed by atoms with E-state index in [1.165, 1.54) is 0 Å². The molecule has 0 bridgehead atoms. The molecule has 0 rings (SSSR count). The summed E-state index contributed by atoms with van der Waals surface area (Å²) in [6.45, 7) is 3.44. The van der Waals surface area contributed by atoms with Gasteiger partial charge in [0.25, 0.3) is 0 Å². The molecule has 0 saturated heterocycles. The van der Waals surface area contributed by atoms with Crippen LogP contribution in [0, 0.1) is 0 Å². The summed E-state index contributed by atoms with van der Waals surface area (Å²) in [5.74, 6) is 0. The molecule has 0 aliphatic rings. The summed E-state index contributed by atoms with van der Waals surface area (Å²) >= 11 is -2.22. The van der Waals surface area contributed by atoms with Crippen molar-refractivity contribution < 1.29 is 5.11 Å². The van der Waals surface area contributed by atoms with Crippen LogP contribution in [0.1, 0.15) is 13.8 Å². The summed E-state index contributed by atoms with van der Waals surface area (Å²) in [7, 11) is 15.0. The van der Waals surface area contributed by atoms with E-state index in [4.69, 9.17) is 31.9 Å². The molecule has 5 heteroatoms. The average molecular weight is 286 g/mol. The molecule has 0 heterocycles. The van der Waals surface area contributed by atoms with Crippen molar-refractivity contribution in [2.45, 2.75) is 20.0 Å². The van der Waals surface area contributed by atoms with Crippen molar-refractivity contribution in [3.8, 4) is 0 Å². The van der Waals surface area contributed by atoms with Gasteiger partial charge < -0.3 is 5.11 Å². The Morgan fingerprint density at radius 2 is 1.25 bits per heavy atom. The van der Waals surface area contributed by atoms with Crippen LogP contribution in [0.5, 0.6) is 0 Å². The van der Waals surface area contributed by atoms with Gasteiger partial charge in [-0.05, 0) is 13.8 Å². The van der Waals surface area contributed by atoms with Gasteiger partial charge in [-0.3, -0.25) is 0 Å². The second-order valence-corrected chi connectivity index (χ2v) is 16.0. The predicted octanol–water partition coefficient (Wildman–Crippen LogP) is 1.81. The van der Waals surface area contributed by atoms with E-state index in [-0.39, 0.29) is 6.10 Å². The van der Waals surface area contributed by atoms with Crippen molar-refractivity contribution in [2.75, 3.05) is 0 Å². The molecule has 0 unspecified atom stereocenters. The van der Waals surface area contributed by atoms with E-state index in [2.05, 4.69) is 0 Å². The predicted molar refractivity (Wildman–Crippen MR) is 42.1 cm³/mol. The van der Waals surface area contributed by atoms with E-state index in [0.29, 0.717) is 0 Å². The van der Waals surface area contributed by atoms with Gasteiger partial charge in [0.15, 0.2) is 0 Å². The quantitative estimate of drug-likeness (QED) is 0.673. The fourth-order valence-corrected chi connectivity index (χ4v) is 0. The first kappa shape index (κ1) is 12.3. The first-order chi connectivity index (χ1) is 3.46. The molecule has 0 aromatic heterocycles. The summed E-state index contributed by atoms with van der Waals surface area (Å²) in [6, 6.07) is 0. The molecule has 0 atom stereocenters. The molecule has 0 radical (unpaired) electrons. The molecular formula is C3H9Cl3OSn. The Bertz CT molecular complexity index is 30.0.